The van der Waals surface area contributed by atoms with E-state index < -0.39 is 0 Å². The number of ketones is 1. The molecule has 1 amide bonds. The summed E-state index contributed by atoms with van der Waals surface area (Å²) < 4.78 is 5.46. The van der Waals surface area contributed by atoms with Crippen LogP contribution in [0.25, 0.3) is 0 Å². The average molecular weight is 426 g/mol. The van der Waals surface area contributed by atoms with E-state index in [1.54, 1.807) is 6.20 Å². The molecule has 0 heterocycles. The van der Waals surface area contributed by atoms with E-state index >= 15 is 0 Å². The standard InChI is InChI=1S/C22H29Cl2NO3/c1-6-8-16(14(3)4)11-12-25-19(26)13-28-18-10-9-17(20(23)21(18)24)22(27)15(5)7-2/h9-12,14,16H,5-8,13H2,1-4H3,(H,25,26)/b12-11+. The molecule has 6 heteroatoms. The van der Waals surface area contributed by atoms with Crippen molar-refractivity contribution in [2.45, 2.75) is 47.0 Å². The van der Waals surface area contributed by atoms with Crippen LogP contribution in [0.2, 0.25) is 10.0 Å². The third-order valence-corrected chi connectivity index (χ3v) is 5.33. The molecule has 154 valence electrons. The molecule has 0 bridgehead atoms. The maximum atomic E-state index is 12.2. The lowest BCUT2D eigenvalue weighted by atomic mass is 9.91. The van der Waals surface area contributed by atoms with Crippen molar-refractivity contribution in [3.8, 4) is 5.75 Å². The van der Waals surface area contributed by atoms with Gasteiger partial charge in [0.05, 0.1) is 5.02 Å². The number of allylic oxidation sites excluding steroid dienone is 2. The molecular formula is C22H29Cl2NO3. The molecule has 1 aromatic carbocycles. The Hall–Kier alpha value is -1.78. The highest BCUT2D eigenvalue weighted by Gasteiger charge is 2.18. The van der Waals surface area contributed by atoms with Gasteiger partial charge in [-0.25, -0.2) is 0 Å². The van der Waals surface area contributed by atoms with Crippen molar-refractivity contribution in [2.24, 2.45) is 11.8 Å². The molecule has 0 saturated carbocycles. The fourth-order valence-electron chi connectivity index (χ4n) is 2.60. The number of halogens is 2. The Morgan fingerprint density at radius 2 is 1.89 bits per heavy atom. The lowest BCUT2D eigenvalue weighted by molar-refractivity contribution is -0.122. The Kier molecular flexibility index (Phi) is 10.3. The zero-order valence-corrected chi connectivity index (χ0v) is 18.5. The molecule has 4 nitrogen and oxygen atoms in total. The fraction of sp³-hybridized carbons (Fsp3) is 0.455. The van der Waals surface area contributed by atoms with Gasteiger partial charge in [0.1, 0.15) is 10.8 Å². The topological polar surface area (TPSA) is 55.4 Å². The van der Waals surface area contributed by atoms with Crippen molar-refractivity contribution in [3.63, 3.8) is 0 Å². The zero-order chi connectivity index (χ0) is 21.3. The number of nitrogens with one attached hydrogen (secondary N) is 1. The summed E-state index contributed by atoms with van der Waals surface area (Å²) in [5.41, 5.74) is 0.717. The van der Waals surface area contributed by atoms with Gasteiger partial charge in [-0.3, -0.25) is 9.59 Å². The monoisotopic (exact) mass is 425 g/mol. The van der Waals surface area contributed by atoms with Crippen molar-refractivity contribution in [1.82, 2.24) is 5.32 Å². The number of ether oxygens (including phenoxy) is 1. The largest absolute Gasteiger partial charge is 0.482 e. The summed E-state index contributed by atoms with van der Waals surface area (Å²) in [7, 11) is 0. The molecule has 0 aliphatic carbocycles. The molecule has 1 N–H and O–H groups in total. The first-order valence-electron chi connectivity index (χ1n) is 9.52. The highest BCUT2D eigenvalue weighted by Crippen LogP contribution is 2.35. The predicted molar refractivity (Wildman–Crippen MR) is 116 cm³/mol. The number of benzene rings is 1. The van der Waals surface area contributed by atoms with E-state index in [1.807, 2.05) is 13.0 Å². The molecular weight excluding hydrogens is 397 g/mol. The summed E-state index contributed by atoms with van der Waals surface area (Å²) in [6.45, 7) is 11.8. The second kappa shape index (κ2) is 11.9. The first-order chi connectivity index (χ1) is 13.2. The molecule has 1 unspecified atom stereocenters. The van der Waals surface area contributed by atoms with Crippen LogP contribution < -0.4 is 10.1 Å². The van der Waals surface area contributed by atoms with Gasteiger partial charge >= 0.3 is 0 Å². The normalized spacial score (nSPS) is 12.2. The van der Waals surface area contributed by atoms with Gasteiger partial charge in [-0.1, -0.05) is 70.0 Å². The predicted octanol–water partition coefficient (Wildman–Crippen LogP) is 6.22. The van der Waals surface area contributed by atoms with Crippen LogP contribution in [-0.2, 0) is 4.79 Å². The Balaban J connectivity index is 2.70. The molecule has 0 aliphatic rings. The molecule has 1 aromatic rings. The van der Waals surface area contributed by atoms with Crippen LogP contribution in [0, 0.1) is 11.8 Å². The van der Waals surface area contributed by atoms with E-state index in [1.165, 1.54) is 12.1 Å². The van der Waals surface area contributed by atoms with Crippen molar-refractivity contribution in [1.29, 1.82) is 0 Å². The van der Waals surface area contributed by atoms with Crippen LogP contribution >= 0.6 is 23.2 Å². The summed E-state index contributed by atoms with van der Waals surface area (Å²) >= 11 is 12.4. The summed E-state index contributed by atoms with van der Waals surface area (Å²) in [4.78, 5) is 24.2. The number of amides is 1. The second-order valence-electron chi connectivity index (χ2n) is 6.94. The van der Waals surface area contributed by atoms with Gasteiger partial charge in [0.2, 0.25) is 0 Å². The van der Waals surface area contributed by atoms with Crippen LogP contribution in [0.5, 0.6) is 5.75 Å². The minimum absolute atomic E-state index is 0.0958. The zero-order valence-electron chi connectivity index (χ0n) is 17.0. The molecule has 1 atom stereocenters. The molecule has 0 aromatic heterocycles. The Labute approximate surface area is 177 Å². The molecule has 0 fully saturated rings. The van der Waals surface area contributed by atoms with Gasteiger partial charge < -0.3 is 10.1 Å². The van der Waals surface area contributed by atoms with Crippen LogP contribution in [0.15, 0.2) is 36.6 Å². The molecule has 28 heavy (non-hydrogen) atoms. The fourth-order valence-corrected chi connectivity index (χ4v) is 3.07. The molecule has 0 saturated heterocycles. The third-order valence-electron chi connectivity index (χ3n) is 4.46. The number of hydrogen-bond donors (Lipinski definition) is 1. The first kappa shape index (κ1) is 24.3. The maximum Gasteiger partial charge on any atom is 0.261 e. The quantitative estimate of drug-likeness (QED) is 0.337. The van der Waals surface area contributed by atoms with Crippen molar-refractivity contribution in [3.05, 3.63) is 52.2 Å². The number of hydrogen-bond acceptors (Lipinski definition) is 3. The third kappa shape index (κ3) is 6.99. The lowest BCUT2D eigenvalue weighted by Gasteiger charge is -2.15. The number of rotatable bonds is 11. The lowest BCUT2D eigenvalue weighted by Crippen LogP contribution is -2.24. The van der Waals surface area contributed by atoms with Crippen molar-refractivity contribution < 1.29 is 14.3 Å². The van der Waals surface area contributed by atoms with Crippen molar-refractivity contribution >= 4 is 34.9 Å². The first-order valence-corrected chi connectivity index (χ1v) is 10.3. The van der Waals surface area contributed by atoms with Crippen LogP contribution in [0.3, 0.4) is 0 Å². The molecule has 0 aliphatic heterocycles. The molecule has 0 radical (unpaired) electrons. The Morgan fingerprint density at radius 1 is 1.21 bits per heavy atom. The molecule has 1 rings (SSSR count). The van der Waals surface area contributed by atoms with Gasteiger partial charge in [-0.05, 0) is 42.4 Å². The summed E-state index contributed by atoms with van der Waals surface area (Å²) in [5, 5.41) is 2.89. The van der Waals surface area contributed by atoms with Crippen LogP contribution in [0.1, 0.15) is 57.3 Å². The minimum atomic E-state index is -0.304. The van der Waals surface area contributed by atoms with Gasteiger partial charge in [0.15, 0.2) is 12.4 Å². The minimum Gasteiger partial charge on any atom is -0.482 e. The molecule has 0 spiro atoms. The van der Waals surface area contributed by atoms with E-state index in [-0.39, 0.29) is 39.7 Å². The van der Waals surface area contributed by atoms with Crippen LogP contribution in [-0.4, -0.2) is 18.3 Å². The Bertz CT molecular complexity index is 742. The SMILES string of the molecule is C=C(CC)C(=O)c1ccc(OCC(=O)N/C=C/C(CCC)C(C)C)c(Cl)c1Cl. The van der Waals surface area contributed by atoms with Gasteiger partial charge in [0.25, 0.3) is 5.91 Å². The highest BCUT2D eigenvalue weighted by molar-refractivity contribution is 6.45. The van der Waals surface area contributed by atoms with Crippen LogP contribution in [0.4, 0.5) is 0 Å². The second-order valence-corrected chi connectivity index (χ2v) is 7.69. The summed E-state index contributed by atoms with van der Waals surface area (Å²) in [6.07, 6.45) is 6.36. The maximum absolute atomic E-state index is 12.2. The van der Waals surface area contributed by atoms with Gasteiger partial charge in [0, 0.05) is 11.8 Å². The summed E-state index contributed by atoms with van der Waals surface area (Å²) in [5.74, 6) is 0.616. The van der Waals surface area contributed by atoms with E-state index in [9.17, 15) is 9.59 Å². The van der Waals surface area contributed by atoms with Gasteiger partial charge in [-0.2, -0.15) is 0 Å². The number of carbonyl (C=O) groups is 2. The van der Waals surface area contributed by atoms with E-state index in [2.05, 4.69) is 32.7 Å². The van der Waals surface area contributed by atoms with Gasteiger partial charge in [-0.15, -0.1) is 0 Å². The van der Waals surface area contributed by atoms with E-state index in [0.29, 0.717) is 23.8 Å². The number of carbonyl (C=O) groups excluding carboxylic acids is 2. The van der Waals surface area contributed by atoms with Crippen molar-refractivity contribution in [2.75, 3.05) is 6.61 Å². The smallest absolute Gasteiger partial charge is 0.261 e. The van der Waals surface area contributed by atoms with E-state index in [4.69, 9.17) is 27.9 Å². The van der Waals surface area contributed by atoms with E-state index in [0.717, 1.165) is 12.8 Å². The number of Topliss-reactive ketones (excluding diaryl/α,β-unsaturated/α-hetero) is 1. The summed E-state index contributed by atoms with van der Waals surface area (Å²) in [6, 6.07) is 3.06. The average Bonchev–Trinajstić information content (AvgIpc) is 2.67. The Morgan fingerprint density at radius 3 is 2.46 bits per heavy atom. The highest BCUT2D eigenvalue weighted by atomic mass is 35.5.